The Balaban J connectivity index is 0.00000133. The van der Waals surface area contributed by atoms with Crippen LogP contribution in [0.15, 0.2) is 29.5 Å². The molecule has 1 N–H and O–H groups in total. The van der Waals surface area contributed by atoms with Crippen molar-refractivity contribution in [3.63, 3.8) is 0 Å². The van der Waals surface area contributed by atoms with Crippen LogP contribution in [0.4, 0.5) is 0 Å². The first-order valence-electron chi connectivity index (χ1n) is 6.13. The van der Waals surface area contributed by atoms with Gasteiger partial charge >= 0.3 is 0 Å². The number of oxazole rings is 1. The zero-order valence-electron chi connectivity index (χ0n) is 10.8. The summed E-state index contributed by atoms with van der Waals surface area (Å²) < 4.78 is 7.11. The summed E-state index contributed by atoms with van der Waals surface area (Å²) in [5.74, 6) is 1.09. The van der Waals surface area contributed by atoms with Gasteiger partial charge in [0, 0.05) is 45.6 Å². The van der Waals surface area contributed by atoms with Crippen molar-refractivity contribution in [3.8, 4) is 0 Å². The molecule has 104 valence electrons. The number of hydrogen-bond acceptors (Lipinski definition) is 5. The van der Waals surface area contributed by atoms with Gasteiger partial charge in [-0.3, -0.25) is 4.90 Å². The average molecular weight is 284 g/mol. The molecule has 1 fully saturated rings. The zero-order valence-corrected chi connectivity index (χ0v) is 11.6. The Bertz CT molecular complexity index is 498. The van der Waals surface area contributed by atoms with Crippen molar-refractivity contribution in [2.45, 2.75) is 12.6 Å². The van der Waals surface area contributed by atoms with Gasteiger partial charge in [-0.05, 0) is 0 Å². The fourth-order valence-electron chi connectivity index (χ4n) is 2.41. The minimum Gasteiger partial charge on any atom is -0.451 e. The highest BCUT2D eigenvalue weighted by molar-refractivity contribution is 5.85. The Morgan fingerprint density at radius 1 is 1.47 bits per heavy atom. The highest BCUT2D eigenvalue weighted by atomic mass is 35.5. The first-order valence-corrected chi connectivity index (χ1v) is 6.13. The summed E-state index contributed by atoms with van der Waals surface area (Å²) in [6, 6.07) is 0.287. The second kappa shape index (κ2) is 6.18. The summed E-state index contributed by atoms with van der Waals surface area (Å²) in [4.78, 5) is 11.0. The molecule has 1 atom stereocenters. The second-order valence-corrected chi connectivity index (χ2v) is 4.57. The molecule has 1 saturated heterocycles. The molecule has 7 heteroatoms. The maximum Gasteiger partial charge on any atom is 0.180 e. The van der Waals surface area contributed by atoms with Gasteiger partial charge in [-0.15, -0.1) is 12.4 Å². The van der Waals surface area contributed by atoms with Gasteiger partial charge in [0.15, 0.2) is 6.39 Å². The molecule has 0 saturated carbocycles. The van der Waals surface area contributed by atoms with Crippen molar-refractivity contribution in [1.29, 1.82) is 0 Å². The van der Waals surface area contributed by atoms with Crippen LogP contribution in [0.3, 0.4) is 0 Å². The van der Waals surface area contributed by atoms with Crippen LogP contribution >= 0.6 is 12.4 Å². The lowest BCUT2D eigenvalue weighted by molar-refractivity contribution is 0.143. The van der Waals surface area contributed by atoms with E-state index in [2.05, 4.69) is 24.8 Å². The third kappa shape index (κ3) is 2.97. The third-order valence-electron chi connectivity index (χ3n) is 3.36. The van der Waals surface area contributed by atoms with Gasteiger partial charge in [0.1, 0.15) is 12.1 Å². The van der Waals surface area contributed by atoms with E-state index in [0.29, 0.717) is 0 Å². The number of piperazine rings is 1. The van der Waals surface area contributed by atoms with Crippen molar-refractivity contribution in [1.82, 2.24) is 24.8 Å². The largest absolute Gasteiger partial charge is 0.451 e. The molecule has 0 bridgehead atoms. The van der Waals surface area contributed by atoms with Crippen LogP contribution in [0.2, 0.25) is 0 Å². The number of rotatable bonds is 3. The van der Waals surface area contributed by atoms with Crippen LogP contribution in [0.1, 0.15) is 17.6 Å². The van der Waals surface area contributed by atoms with Crippen LogP contribution in [0.25, 0.3) is 0 Å². The monoisotopic (exact) mass is 283 g/mol. The van der Waals surface area contributed by atoms with E-state index in [0.717, 1.165) is 37.7 Å². The van der Waals surface area contributed by atoms with E-state index in [-0.39, 0.29) is 18.4 Å². The standard InChI is InChI=1S/C12H17N5O.ClH/c1-16-4-3-14-12(16)11-6-13-2-5-17(11)7-10-8-18-9-15-10;/h3-4,8-9,11,13H,2,5-7H2,1H3;1H. The van der Waals surface area contributed by atoms with E-state index in [9.17, 15) is 0 Å². The Kier molecular flexibility index (Phi) is 4.57. The minimum atomic E-state index is 0. The second-order valence-electron chi connectivity index (χ2n) is 4.57. The maximum absolute atomic E-state index is 5.03. The van der Waals surface area contributed by atoms with Gasteiger partial charge in [0.05, 0.1) is 11.7 Å². The lowest BCUT2D eigenvalue weighted by Gasteiger charge is -2.35. The molecule has 3 heterocycles. The summed E-state index contributed by atoms with van der Waals surface area (Å²) in [6.45, 7) is 3.71. The number of nitrogens with one attached hydrogen (secondary N) is 1. The first-order chi connectivity index (χ1) is 8.84. The lowest BCUT2D eigenvalue weighted by atomic mass is 10.1. The van der Waals surface area contributed by atoms with E-state index in [1.54, 1.807) is 6.26 Å². The molecule has 19 heavy (non-hydrogen) atoms. The molecule has 0 spiro atoms. The number of imidazole rings is 1. The molecule has 1 unspecified atom stereocenters. The predicted molar refractivity (Wildman–Crippen MR) is 73.0 cm³/mol. The van der Waals surface area contributed by atoms with Gasteiger partial charge in [-0.1, -0.05) is 0 Å². The molecule has 2 aromatic rings. The smallest absolute Gasteiger partial charge is 0.180 e. The Labute approximate surface area is 118 Å². The molecule has 1 aliphatic heterocycles. The summed E-state index contributed by atoms with van der Waals surface area (Å²) in [6.07, 6.45) is 7.02. The fraction of sp³-hybridized carbons (Fsp3) is 0.500. The molecular formula is C12H18ClN5O. The topological polar surface area (TPSA) is 59.1 Å². The average Bonchev–Trinajstić information content (AvgIpc) is 3.02. The van der Waals surface area contributed by atoms with Gasteiger partial charge < -0.3 is 14.3 Å². The SMILES string of the molecule is Cl.Cn1ccnc1C1CNCCN1Cc1cocn1. The van der Waals surface area contributed by atoms with E-state index in [1.165, 1.54) is 6.39 Å². The van der Waals surface area contributed by atoms with E-state index < -0.39 is 0 Å². The summed E-state index contributed by atoms with van der Waals surface area (Å²) in [5.41, 5.74) is 0.969. The molecule has 6 nitrogen and oxygen atoms in total. The van der Waals surface area contributed by atoms with Crippen molar-refractivity contribution in [2.24, 2.45) is 7.05 Å². The quantitative estimate of drug-likeness (QED) is 0.910. The molecule has 0 aliphatic carbocycles. The van der Waals surface area contributed by atoms with Crippen LogP contribution in [-0.2, 0) is 13.6 Å². The molecule has 0 radical (unpaired) electrons. The van der Waals surface area contributed by atoms with Crippen molar-refractivity contribution in [3.05, 3.63) is 36.6 Å². The van der Waals surface area contributed by atoms with E-state index in [4.69, 9.17) is 4.42 Å². The van der Waals surface area contributed by atoms with Crippen LogP contribution < -0.4 is 5.32 Å². The maximum atomic E-state index is 5.03. The molecule has 3 rings (SSSR count). The predicted octanol–water partition coefficient (Wildman–Crippen LogP) is 0.976. The number of halogens is 1. The Hall–Kier alpha value is -1.37. The summed E-state index contributed by atoms with van der Waals surface area (Å²) >= 11 is 0. The van der Waals surface area contributed by atoms with Crippen LogP contribution in [0, 0.1) is 0 Å². The number of nitrogens with zero attached hydrogens (tertiary/aromatic N) is 4. The van der Waals surface area contributed by atoms with Crippen LogP contribution in [-0.4, -0.2) is 39.1 Å². The van der Waals surface area contributed by atoms with Gasteiger partial charge in [-0.25, -0.2) is 9.97 Å². The Morgan fingerprint density at radius 2 is 2.37 bits per heavy atom. The Morgan fingerprint density at radius 3 is 3.05 bits per heavy atom. The van der Waals surface area contributed by atoms with Gasteiger partial charge in [0.25, 0.3) is 0 Å². The van der Waals surface area contributed by atoms with Gasteiger partial charge in [-0.2, -0.15) is 0 Å². The molecule has 2 aromatic heterocycles. The molecular weight excluding hydrogens is 266 g/mol. The van der Waals surface area contributed by atoms with Crippen molar-refractivity contribution in [2.75, 3.05) is 19.6 Å². The van der Waals surface area contributed by atoms with E-state index in [1.807, 2.05) is 19.4 Å². The minimum absolute atomic E-state index is 0. The van der Waals surface area contributed by atoms with Crippen molar-refractivity contribution >= 4 is 12.4 Å². The van der Waals surface area contributed by atoms with E-state index >= 15 is 0 Å². The third-order valence-corrected chi connectivity index (χ3v) is 3.36. The van der Waals surface area contributed by atoms with Gasteiger partial charge in [0.2, 0.25) is 0 Å². The highest BCUT2D eigenvalue weighted by Crippen LogP contribution is 2.22. The summed E-state index contributed by atoms with van der Waals surface area (Å²) in [7, 11) is 2.03. The fourth-order valence-corrected chi connectivity index (χ4v) is 2.41. The normalized spacial score (nSPS) is 20.2. The number of hydrogen-bond donors (Lipinski definition) is 1. The molecule has 0 amide bonds. The summed E-state index contributed by atoms with van der Waals surface area (Å²) in [5, 5.41) is 3.42. The number of aromatic nitrogens is 3. The first kappa shape index (κ1) is 14.0. The van der Waals surface area contributed by atoms with Crippen molar-refractivity contribution < 1.29 is 4.42 Å². The number of aryl methyl sites for hydroxylation is 1. The lowest BCUT2D eigenvalue weighted by Crippen LogP contribution is -2.46. The van der Waals surface area contributed by atoms with Crippen LogP contribution in [0.5, 0.6) is 0 Å². The highest BCUT2D eigenvalue weighted by Gasteiger charge is 2.27. The molecule has 1 aliphatic rings. The zero-order chi connectivity index (χ0) is 12.4. The molecule has 0 aromatic carbocycles.